The number of nitro groups is 1. The molecule has 0 aliphatic carbocycles. The van der Waals surface area contributed by atoms with Crippen molar-refractivity contribution in [2.75, 3.05) is 13.1 Å². The summed E-state index contributed by atoms with van der Waals surface area (Å²) in [5.74, 6) is -0.414. The molecule has 98 valence electrons. The Morgan fingerprint density at radius 2 is 2.17 bits per heavy atom. The van der Waals surface area contributed by atoms with Crippen molar-refractivity contribution in [3.63, 3.8) is 0 Å². The predicted octanol–water partition coefficient (Wildman–Crippen LogP) is 1.37. The maximum atomic E-state index is 11.8. The van der Waals surface area contributed by atoms with Crippen molar-refractivity contribution in [3.8, 4) is 0 Å². The summed E-state index contributed by atoms with van der Waals surface area (Å²) in [7, 11) is 0. The van der Waals surface area contributed by atoms with Crippen LogP contribution in [0.15, 0.2) is 18.2 Å². The molecular formula is C12H17N3O3. The van der Waals surface area contributed by atoms with Gasteiger partial charge in [-0.15, -0.1) is 0 Å². The van der Waals surface area contributed by atoms with Crippen molar-refractivity contribution in [3.05, 3.63) is 39.4 Å². The van der Waals surface area contributed by atoms with Gasteiger partial charge in [-0.1, -0.05) is 12.1 Å². The number of nitro benzene ring substituents is 1. The summed E-state index contributed by atoms with van der Waals surface area (Å²) in [5.41, 5.74) is 5.79. The van der Waals surface area contributed by atoms with Gasteiger partial charge in [-0.3, -0.25) is 14.9 Å². The minimum absolute atomic E-state index is 0.104. The van der Waals surface area contributed by atoms with Gasteiger partial charge in [0.05, 0.1) is 4.92 Å². The quantitative estimate of drug-likeness (QED) is 0.453. The van der Waals surface area contributed by atoms with Gasteiger partial charge in [0, 0.05) is 12.1 Å². The molecule has 1 aromatic rings. The van der Waals surface area contributed by atoms with Crippen LogP contribution in [0.5, 0.6) is 0 Å². The Bertz CT molecular complexity index is 446. The number of benzene rings is 1. The Morgan fingerprint density at radius 3 is 2.78 bits per heavy atom. The number of rotatable bonds is 6. The van der Waals surface area contributed by atoms with E-state index in [9.17, 15) is 14.9 Å². The van der Waals surface area contributed by atoms with Gasteiger partial charge in [-0.2, -0.15) is 0 Å². The molecule has 0 radical (unpaired) electrons. The van der Waals surface area contributed by atoms with Crippen LogP contribution >= 0.6 is 0 Å². The fourth-order valence-corrected chi connectivity index (χ4v) is 1.65. The van der Waals surface area contributed by atoms with Crippen LogP contribution in [0.3, 0.4) is 0 Å². The highest BCUT2D eigenvalue weighted by Crippen LogP contribution is 2.22. The first-order chi connectivity index (χ1) is 8.57. The largest absolute Gasteiger partial charge is 0.352 e. The molecule has 1 amide bonds. The number of nitrogens with zero attached hydrogens (tertiary/aromatic N) is 1. The lowest BCUT2D eigenvalue weighted by atomic mass is 10.1. The summed E-state index contributed by atoms with van der Waals surface area (Å²) in [6.45, 7) is 2.66. The van der Waals surface area contributed by atoms with E-state index in [1.165, 1.54) is 6.07 Å². The van der Waals surface area contributed by atoms with Gasteiger partial charge < -0.3 is 11.1 Å². The summed E-state index contributed by atoms with van der Waals surface area (Å²) < 4.78 is 0. The average Bonchev–Trinajstić information content (AvgIpc) is 2.33. The molecule has 3 N–H and O–H groups in total. The highest BCUT2D eigenvalue weighted by Gasteiger charge is 2.21. The molecule has 18 heavy (non-hydrogen) atoms. The van der Waals surface area contributed by atoms with Crippen molar-refractivity contribution in [1.29, 1.82) is 0 Å². The lowest BCUT2D eigenvalue weighted by Crippen LogP contribution is -2.25. The Morgan fingerprint density at radius 1 is 1.44 bits per heavy atom. The second-order valence-electron chi connectivity index (χ2n) is 3.98. The first-order valence-electron chi connectivity index (χ1n) is 5.80. The predicted molar refractivity (Wildman–Crippen MR) is 68.5 cm³/mol. The maximum Gasteiger partial charge on any atom is 0.285 e. The van der Waals surface area contributed by atoms with Gasteiger partial charge >= 0.3 is 0 Å². The molecule has 0 fully saturated rings. The molecule has 0 aliphatic rings. The lowest BCUT2D eigenvalue weighted by molar-refractivity contribution is -0.385. The fourth-order valence-electron chi connectivity index (χ4n) is 1.65. The third kappa shape index (κ3) is 3.53. The van der Waals surface area contributed by atoms with Crippen LogP contribution in [0, 0.1) is 17.0 Å². The van der Waals surface area contributed by atoms with Crippen LogP contribution in [0.4, 0.5) is 5.69 Å². The van der Waals surface area contributed by atoms with Crippen molar-refractivity contribution in [2.24, 2.45) is 5.73 Å². The molecule has 0 saturated heterocycles. The number of aryl methyl sites for hydroxylation is 1. The van der Waals surface area contributed by atoms with Gasteiger partial charge in [0.2, 0.25) is 0 Å². The lowest BCUT2D eigenvalue weighted by Gasteiger charge is -2.06. The van der Waals surface area contributed by atoms with Crippen LogP contribution in [-0.2, 0) is 0 Å². The van der Waals surface area contributed by atoms with Crippen molar-refractivity contribution >= 4 is 11.6 Å². The Balaban J connectivity index is 2.79. The topological polar surface area (TPSA) is 98.3 Å². The molecule has 0 aliphatic heterocycles. The number of hydrogen-bond donors (Lipinski definition) is 2. The molecule has 0 atom stereocenters. The van der Waals surface area contributed by atoms with Crippen LogP contribution in [0.25, 0.3) is 0 Å². The standard InChI is InChI=1S/C12H17N3O3/c1-9-5-4-6-10(11(9)15(17)18)12(16)14-8-3-2-7-13/h4-6H,2-3,7-8,13H2,1H3,(H,14,16). The molecular weight excluding hydrogens is 234 g/mol. The molecule has 0 heterocycles. The first kappa shape index (κ1) is 14.1. The minimum atomic E-state index is -0.524. The summed E-state index contributed by atoms with van der Waals surface area (Å²) in [4.78, 5) is 22.2. The normalized spacial score (nSPS) is 10.1. The van der Waals surface area contributed by atoms with E-state index in [-0.39, 0.29) is 11.3 Å². The van der Waals surface area contributed by atoms with E-state index in [2.05, 4.69) is 5.32 Å². The molecule has 0 saturated carbocycles. The zero-order chi connectivity index (χ0) is 13.5. The number of hydrogen-bond acceptors (Lipinski definition) is 4. The number of carbonyl (C=O) groups excluding carboxylic acids is 1. The smallest absolute Gasteiger partial charge is 0.285 e. The highest BCUT2D eigenvalue weighted by atomic mass is 16.6. The van der Waals surface area contributed by atoms with Crippen LogP contribution in [0.1, 0.15) is 28.8 Å². The summed E-state index contributed by atoms with van der Waals surface area (Å²) in [6, 6.07) is 4.71. The third-order valence-electron chi connectivity index (χ3n) is 2.58. The van der Waals surface area contributed by atoms with Crippen molar-refractivity contribution < 1.29 is 9.72 Å². The Labute approximate surface area is 105 Å². The van der Waals surface area contributed by atoms with Crippen LogP contribution in [-0.4, -0.2) is 23.9 Å². The second kappa shape index (κ2) is 6.70. The van der Waals surface area contributed by atoms with Crippen molar-refractivity contribution in [1.82, 2.24) is 5.32 Å². The van der Waals surface area contributed by atoms with E-state index in [0.29, 0.717) is 18.7 Å². The molecule has 1 rings (SSSR count). The molecule has 6 heteroatoms. The number of para-hydroxylation sites is 1. The van der Waals surface area contributed by atoms with E-state index in [0.717, 1.165) is 12.8 Å². The number of nitrogens with two attached hydrogens (primary N) is 1. The number of carbonyl (C=O) groups is 1. The van der Waals surface area contributed by atoms with Crippen molar-refractivity contribution in [2.45, 2.75) is 19.8 Å². The van der Waals surface area contributed by atoms with E-state index < -0.39 is 10.8 Å². The fraction of sp³-hybridized carbons (Fsp3) is 0.417. The van der Waals surface area contributed by atoms with Crippen LogP contribution in [0.2, 0.25) is 0 Å². The van der Waals surface area contributed by atoms with E-state index in [1.807, 2.05) is 0 Å². The maximum absolute atomic E-state index is 11.8. The summed E-state index contributed by atoms with van der Waals surface area (Å²) in [5, 5.41) is 13.6. The molecule has 0 spiro atoms. The Hall–Kier alpha value is -1.95. The summed E-state index contributed by atoms with van der Waals surface area (Å²) in [6.07, 6.45) is 1.58. The number of unbranched alkanes of at least 4 members (excludes halogenated alkanes) is 1. The average molecular weight is 251 g/mol. The second-order valence-corrected chi connectivity index (χ2v) is 3.98. The van der Waals surface area contributed by atoms with Gasteiger partial charge in [-0.25, -0.2) is 0 Å². The first-order valence-corrected chi connectivity index (χ1v) is 5.80. The SMILES string of the molecule is Cc1cccc(C(=O)NCCCCN)c1[N+](=O)[O-]. The molecule has 0 bridgehead atoms. The van der Waals surface area contributed by atoms with Gasteiger partial charge in [0.1, 0.15) is 5.56 Å². The highest BCUT2D eigenvalue weighted by molar-refractivity contribution is 5.98. The van der Waals surface area contributed by atoms with Gasteiger partial charge in [0.15, 0.2) is 0 Å². The monoisotopic (exact) mass is 251 g/mol. The van der Waals surface area contributed by atoms with Crippen LogP contribution < -0.4 is 11.1 Å². The summed E-state index contributed by atoms with van der Waals surface area (Å²) >= 11 is 0. The van der Waals surface area contributed by atoms with Gasteiger partial charge in [0.25, 0.3) is 11.6 Å². The number of nitrogens with one attached hydrogen (secondary N) is 1. The molecule has 0 unspecified atom stereocenters. The number of amides is 1. The van der Waals surface area contributed by atoms with E-state index in [1.54, 1.807) is 19.1 Å². The van der Waals surface area contributed by atoms with Gasteiger partial charge in [-0.05, 0) is 32.4 Å². The zero-order valence-electron chi connectivity index (χ0n) is 10.3. The van der Waals surface area contributed by atoms with E-state index in [4.69, 9.17) is 5.73 Å². The van der Waals surface area contributed by atoms with E-state index >= 15 is 0 Å². The molecule has 6 nitrogen and oxygen atoms in total. The third-order valence-corrected chi connectivity index (χ3v) is 2.58. The zero-order valence-corrected chi connectivity index (χ0v) is 10.3. The molecule has 1 aromatic carbocycles. The molecule has 0 aromatic heterocycles. The Kier molecular flexibility index (Phi) is 5.26. The minimum Gasteiger partial charge on any atom is -0.352 e.